The molecular formula is C14H23NO. The Labute approximate surface area is 98.7 Å². The fourth-order valence-electron chi connectivity index (χ4n) is 2.45. The van der Waals surface area contributed by atoms with Crippen LogP contribution < -0.4 is 0 Å². The van der Waals surface area contributed by atoms with E-state index in [9.17, 15) is 4.79 Å². The summed E-state index contributed by atoms with van der Waals surface area (Å²) < 4.78 is 0. The van der Waals surface area contributed by atoms with E-state index in [2.05, 4.69) is 24.0 Å². The average Bonchev–Trinajstić information content (AvgIpc) is 3.13. The van der Waals surface area contributed by atoms with Gasteiger partial charge < -0.3 is 4.90 Å². The average molecular weight is 221 g/mol. The number of hydrogen-bond acceptors (Lipinski definition) is 1. The Hall–Kier alpha value is -0.790. The number of nitrogens with zero attached hydrogens (tertiary/aromatic N) is 1. The second-order valence-electron chi connectivity index (χ2n) is 5.21. The highest BCUT2D eigenvalue weighted by molar-refractivity contribution is 5.79. The van der Waals surface area contributed by atoms with Gasteiger partial charge in [-0.15, -0.1) is 0 Å². The maximum Gasteiger partial charge on any atom is 0.226 e. The standard InChI is InChI=1S/C14H23NO/c1-2-10-15(11-12-8-9-12)14(16)13-6-4-3-5-7-13/h3-4,12-13H,2,5-11H2,1H3/t13-/m0/s1. The predicted octanol–water partition coefficient (Wildman–Crippen LogP) is 2.99. The zero-order valence-corrected chi connectivity index (χ0v) is 10.3. The monoisotopic (exact) mass is 221 g/mol. The molecule has 0 unspecified atom stereocenters. The largest absolute Gasteiger partial charge is 0.342 e. The van der Waals surface area contributed by atoms with Crippen molar-refractivity contribution in [2.24, 2.45) is 11.8 Å². The number of hydrogen-bond donors (Lipinski definition) is 0. The fourth-order valence-corrected chi connectivity index (χ4v) is 2.45. The highest BCUT2D eigenvalue weighted by atomic mass is 16.2. The molecule has 0 heterocycles. The lowest BCUT2D eigenvalue weighted by Gasteiger charge is -2.27. The van der Waals surface area contributed by atoms with Crippen LogP contribution in [0.1, 0.15) is 45.4 Å². The van der Waals surface area contributed by atoms with Crippen LogP contribution in [0.15, 0.2) is 12.2 Å². The zero-order valence-electron chi connectivity index (χ0n) is 10.3. The minimum absolute atomic E-state index is 0.273. The van der Waals surface area contributed by atoms with Crippen LogP contribution in [0, 0.1) is 11.8 Å². The van der Waals surface area contributed by atoms with Gasteiger partial charge in [0.25, 0.3) is 0 Å². The lowest BCUT2D eigenvalue weighted by molar-refractivity contribution is -0.136. The third-order valence-corrected chi connectivity index (χ3v) is 3.60. The third kappa shape index (κ3) is 3.10. The Balaban J connectivity index is 1.89. The molecule has 2 nitrogen and oxygen atoms in total. The van der Waals surface area contributed by atoms with Gasteiger partial charge in [-0.2, -0.15) is 0 Å². The predicted molar refractivity (Wildman–Crippen MR) is 66.1 cm³/mol. The zero-order chi connectivity index (χ0) is 11.4. The molecule has 1 amide bonds. The van der Waals surface area contributed by atoms with Gasteiger partial charge in [-0.05, 0) is 44.4 Å². The van der Waals surface area contributed by atoms with Gasteiger partial charge in [0.2, 0.25) is 5.91 Å². The van der Waals surface area contributed by atoms with Gasteiger partial charge in [0.1, 0.15) is 0 Å². The molecule has 2 aliphatic rings. The van der Waals surface area contributed by atoms with Crippen LogP contribution in [0.3, 0.4) is 0 Å². The first-order valence-electron chi connectivity index (χ1n) is 6.75. The van der Waals surface area contributed by atoms with Crippen LogP contribution in [0.5, 0.6) is 0 Å². The van der Waals surface area contributed by atoms with Crippen molar-refractivity contribution in [3.8, 4) is 0 Å². The summed E-state index contributed by atoms with van der Waals surface area (Å²) in [6, 6.07) is 0. The summed E-state index contributed by atoms with van der Waals surface area (Å²) in [7, 11) is 0. The minimum Gasteiger partial charge on any atom is -0.342 e. The third-order valence-electron chi connectivity index (χ3n) is 3.60. The molecule has 0 aromatic rings. The molecule has 0 aliphatic heterocycles. The lowest BCUT2D eigenvalue weighted by atomic mass is 9.93. The van der Waals surface area contributed by atoms with Gasteiger partial charge in [0.05, 0.1) is 0 Å². The maximum absolute atomic E-state index is 12.3. The van der Waals surface area contributed by atoms with Crippen molar-refractivity contribution in [2.45, 2.75) is 45.4 Å². The smallest absolute Gasteiger partial charge is 0.226 e. The molecule has 90 valence electrons. The molecule has 2 aliphatic carbocycles. The van der Waals surface area contributed by atoms with Gasteiger partial charge in [-0.3, -0.25) is 4.79 Å². The van der Waals surface area contributed by atoms with Crippen LogP contribution in [-0.4, -0.2) is 23.9 Å². The Morgan fingerprint density at radius 3 is 2.69 bits per heavy atom. The molecule has 0 N–H and O–H groups in total. The molecule has 0 saturated heterocycles. The van der Waals surface area contributed by atoms with Crippen molar-refractivity contribution < 1.29 is 4.79 Å². The maximum atomic E-state index is 12.3. The van der Waals surface area contributed by atoms with Crippen LogP contribution >= 0.6 is 0 Å². The molecular weight excluding hydrogens is 198 g/mol. The van der Waals surface area contributed by atoms with Gasteiger partial charge >= 0.3 is 0 Å². The van der Waals surface area contributed by atoms with Crippen molar-refractivity contribution in [1.82, 2.24) is 4.90 Å². The summed E-state index contributed by atoms with van der Waals surface area (Å²) in [6.07, 6.45) is 11.2. The van der Waals surface area contributed by atoms with Gasteiger partial charge in [0, 0.05) is 19.0 Å². The first-order valence-corrected chi connectivity index (χ1v) is 6.75. The van der Waals surface area contributed by atoms with Crippen LogP contribution in [0.2, 0.25) is 0 Å². The van der Waals surface area contributed by atoms with Gasteiger partial charge in [-0.1, -0.05) is 19.1 Å². The normalized spacial score (nSPS) is 24.4. The van der Waals surface area contributed by atoms with Crippen molar-refractivity contribution in [1.29, 1.82) is 0 Å². The van der Waals surface area contributed by atoms with Crippen molar-refractivity contribution in [3.63, 3.8) is 0 Å². The van der Waals surface area contributed by atoms with E-state index < -0.39 is 0 Å². The van der Waals surface area contributed by atoms with Crippen LogP contribution in [0.4, 0.5) is 0 Å². The van der Waals surface area contributed by atoms with Gasteiger partial charge in [0.15, 0.2) is 0 Å². The number of carbonyl (C=O) groups excluding carboxylic acids is 1. The highest BCUT2D eigenvalue weighted by Gasteiger charge is 2.29. The summed E-state index contributed by atoms with van der Waals surface area (Å²) in [5.74, 6) is 1.50. The number of carbonyl (C=O) groups is 1. The topological polar surface area (TPSA) is 20.3 Å². The number of rotatable bonds is 5. The van der Waals surface area contributed by atoms with E-state index in [0.29, 0.717) is 5.91 Å². The van der Waals surface area contributed by atoms with Crippen LogP contribution in [-0.2, 0) is 4.79 Å². The van der Waals surface area contributed by atoms with E-state index in [-0.39, 0.29) is 5.92 Å². The Morgan fingerprint density at radius 2 is 2.12 bits per heavy atom. The summed E-state index contributed by atoms with van der Waals surface area (Å²) in [6.45, 7) is 4.14. The SMILES string of the molecule is CCCN(CC1CC1)C(=O)[C@H]1CC=CCC1. The van der Waals surface area contributed by atoms with E-state index in [4.69, 9.17) is 0 Å². The second-order valence-corrected chi connectivity index (χ2v) is 5.21. The fraction of sp³-hybridized carbons (Fsp3) is 0.786. The van der Waals surface area contributed by atoms with E-state index in [1.807, 2.05) is 0 Å². The van der Waals surface area contributed by atoms with Crippen molar-refractivity contribution in [2.75, 3.05) is 13.1 Å². The summed E-state index contributed by atoms with van der Waals surface area (Å²) >= 11 is 0. The van der Waals surface area contributed by atoms with E-state index in [0.717, 1.165) is 44.7 Å². The first kappa shape index (κ1) is 11.7. The molecule has 2 rings (SSSR count). The summed E-state index contributed by atoms with van der Waals surface area (Å²) in [5.41, 5.74) is 0. The first-order chi connectivity index (χ1) is 7.81. The molecule has 2 heteroatoms. The summed E-state index contributed by atoms with van der Waals surface area (Å²) in [4.78, 5) is 14.5. The number of amides is 1. The molecule has 0 aromatic heterocycles. The quantitative estimate of drug-likeness (QED) is 0.654. The van der Waals surface area contributed by atoms with Crippen molar-refractivity contribution in [3.05, 3.63) is 12.2 Å². The molecule has 1 fully saturated rings. The summed E-state index contributed by atoms with van der Waals surface area (Å²) in [5, 5.41) is 0. The minimum atomic E-state index is 0.273. The Bertz CT molecular complexity index is 268. The van der Waals surface area contributed by atoms with E-state index in [1.54, 1.807) is 0 Å². The molecule has 1 saturated carbocycles. The van der Waals surface area contributed by atoms with E-state index in [1.165, 1.54) is 12.8 Å². The molecule has 16 heavy (non-hydrogen) atoms. The highest BCUT2D eigenvalue weighted by Crippen LogP contribution is 2.31. The second kappa shape index (κ2) is 5.51. The molecule has 0 aromatic carbocycles. The number of allylic oxidation sites excluding steroid dienone is 2. The van der Waals surface area contributed by atoms with Crippen molar-refractivity contribution >= 4 is 5.91 Å². The molecule has 1 atom stereocenters. The molecule has 0 spiro atoms. The van der Waals surface area contributed by atoms with Crippen LogP contribution in [0.25, 0.3) is 0 Å². The Morgan fingerprint density at radius 1 is 1.31 bits per heavy atom. The lowest BCUT2D eigenvalue weighted by Crippen LogP contribution is -2.38. The molecule has 0 bridgehead atoms. The van der Waals surface area contributed by atoms with Gasteiger partial charge in [-0.25, -0.2) is 0 Å². The van der Waals surface area contributed by atoms with E-state index >= 15 is 0 Å². The molecule has 0 radical (unpaired) electrons. The Kier molecular flexibility index (Phi) is 4.03.